The third-order valence-corrected chi connectivity index (χ3v) is 15.0. The van der Waals surface area contributed by atoms with Crippen LogP contribution >= 0.6 is 18.7 Å². The number of nitrogens with one attached hydrogen (secondary N) is 3. The van der Waals surface area contributed by atoms with Gasteiger partial charge in [-0.05, 0) is 69.4 Å². The van der Waals surface area contributed by atoms with Crippen LogP contribution in [-0.4, -0.2) is 108 Å². The summed E-state index contributed by atoms with van der Waals surface area (Å²) in [7, 11) is -2.21. The van der Waals surface area contributed by atoms with Gasteiger partial charge in [0, 0.05) is 47.9 Å². The number of fused-ring (bicyclic) bond motifs is 1. The molecule has 6 rings (SSSR count). The number of thiazole rings is 1. The molecule has 3 heterocycles. The number of hydrogen-bond donors (Lipinski definition) is 3. The molecule has 3 N–H and O–H groups in total. The molecule has 64 heavy (non-hydrogen) atoms. The molecule has 17 nitrogen and oxygen atoms in total. The van der Waals surface area contributed by atoms with Crippen LogP contribution < -0.4 is 25.4 Å². The van der Waals surface area contributed by atoms with Crippen molar-refractivity contribution in [3.8, 4) is 22.9 Å². The molecule has 2 aromatic heterocycles. The van der Waals surface area contributed by atoms with E-state index in [1.54, 1.807) is 31.4 Å². The van der Waals surface area contributed by atoms with E-state index in [1.165, 1.54) is 22.9 Å². The van der Waals surface area contributed by atoms with Gasteiger partial charge in [0.2, 0.25) is 26.0 Å². The van der Waals surface area contributed by atoms with Crippen molar-refractivity contribution in [1.29, 1.82) is 0 Å². The molecule has 3 amide bonds. The fourth-order valence-electron chi connectivity index (χ4n) is 8.05. The van der Waals surface area contributed by atoms with Gasteiger partial charge in [-0.1, -0.05) is 40.7 Å². The minimum atomic E-state index is -3.78. The molecule has 0 bridgehead atoms. The first-order chi connectivity index (χ1) is 30.2. The van der Waals surface area contributed by atoms with Gasteiger partial charge in [-0.25, -0.2) is 19.6 Å². The second kappa shape index (κ2) is 20.1. The van der Waals surface area contributed by atoms with Gasteiger partial charge in [0.15, 0.2) is 5.13 Å². The van der Waals surface area contributed by atoms with Crippen molar-refractivity contribution >= 4 is 58.8 Å². The van der Waals surface area contributed by atoms with Gasteiger partial charge < -0.3 is 44.5 Å². The van der Waals surface area contributed by atoms with Crippen LogP contribution in [0, 0.1) is 17.3 Å². The fourth-order valence-corrected chi connectivity index (χ4v) is 10.9. The van der Waals surface area contributed by atoms with Gasteiger partial charge in [-0.15, -0.1) is 17.9 Å². The summed E-state index contributed by atoms with van der Waals surface area (Å²) >= 11 is 1.45. The van der Waals surface area contributed by atoms with E-state index in [9.17, 15) is 23.7 Å². The average Bonchev–Trinajstić information content (AvgIpc) is 3.62. The lowest BCUT2D eigenvalue weighted by Crippen LogP contribution is -2.58. The van der Waals surface area contributed by atoms with Crippen LogP contribution in [0.25, 0.3) is 22.3 Å². The molecule has 3 fully saturated rings. The number of ether oxygens (including phenoxy) is 5. The number of hydrogen-bond acceptors (Lipinski definition) is 15. The zero-order valence-corrected chi connectivity index (χ0v) is 40.0. The van der Waals surface area contributed by atoms with Crippen LogP contribution in [0.3, 0.4) is 0 Å². The lowest BCUT2D eigenvalue weighted by Gasteiger charge is -2.36. The number of benzene rings is 1. The number of anilines is 1. The van der Waals surface area contributed by atoms with E-state index in [4.69, 9.17) is 38.2 Å². The number of pyridine rings is 1. The van der Waals surface area contributed by atoms with Crippen LogP contribution in [0.15, 0.2) is 42.3 Å². The molecule has 1 aliphatic heterocycles. The third-order valence-electron chi connectivity index (χ3n) is 11.6. The highest BCUT2D eigenvalue weighted by atomic mass is 32.1. The van der Waals surface area contributed by atoms with Crippen LogP contribution in [-0.2, 0) is 32.9 Å². The van der Waals surface area contributed by atoms with Crippen molar-refractivity contribution in [2.75, 3.05) is 39.0 Å². The molecule has 19 heteroatoms. The monoisotopic (exact) mass is 926 g/mol. The predicted octanol–water partition coefficient (Wildman–Crippen LogP) is 8.33. The van der Waals surface area contributed by atoms with Crippen LogP contribution in [0.1, 0.15) is 87.0 Å². The van der Waals surface area contributed by atoms with Gasteiger partial charge in [-0.2, -0.15) is 0 Å². The number of carbonyl (C=O) groups excluding carboxylic acids is 4. The maximum absolute atomic E-state index is 14.9. The number of likely N-dealkylation sites (tertiary alicyclic amines) is 1. The SMILES string of the molecule is C=C[C@@H]1C[C@]1(NC(=O)[C@@H]1C[C@@H](Oc2cc(-c3csc(NC(C)C)n3)nc3cc(OC)ccc23)CN1C(=O)[C@@H](NC(=O)OC1CCCC1)C(C)(C)C)P(C)(=O)OCOC(=O)OCC(C)C. The third kappa shape index (κ3) is 11.5. The Morgan fingerprint density at radius 3 is 2.42 bits per heavy atom. The average molecular weight is 927 g/mol. The standard InChI is InChI=1S/C45H63N6O11PS/c1-11-28-21-45(28,63(10,56)60-25-59-43(55)58-23-26(2)3)50-39(52)36-19-31(22-51(36)40(53)38(44(6,7)8)49-42(54)62-29-14-12-13-15-29)61-37-20-34(35-24-64-41(48-35)46-27(4)5)47-33-18-30(57-9)16-17-32(33)37/h11,16-18,20,24,26-29,31,36,38H,1,12-15,19,21-23,25H2,2-10H3,(H,46,48)(H,49,54)(H,50,52)/t28-,31-,36+,38-,45+,63?/m1/s1. The quantitative estimate of drug-likeness (QED) is 0.0475. The summed E-state index contributed by atoms with van der Waals surface area (Å²) < 4.78 is 48.2. The number of carbonyl (C=O) groups is 4. The summed E-state index contributed by atoms with van der Waals surface area (Å²) in [5.41, 5.74) is 0.941. The highest BCUT2D eigenvalue weighted by molar-refractivity contribution is 7.60. The van der Waals surface area contributed by atoms with Crippen molar-refractivity contribution in [2.45, 2.75) is 123 Å². The van der Waals surface area contributed by atoms with Gasteiger partial charge >= 0.3 is 12.2 Å². The van der Waals surface area contributed by atoms with E-state index >= 15 is 0 Å². The largest absolute Gasteiger partial charge is 0.510 e. The molecule has 6 atom stereocenters. The van der Waals surface area contributed by atoms with Crippen molar-refractivity contribution in [2.24, 2.45) is 17.3 Å². The Balaban J connectivity index is 1.31. The first kappa shape index (κ1) is 48.5. The maximum atomic E-state index is 14.9. The summed E-state index contributed by atoms with van der Waals surface area (Å²) in [6, 6.07) is 5.15. The van der Waals surface area contributed by atoms with Crippen molar-refractivity contribution < 1.29 is 52.0 Å². The topological polar surface area (TPSA) is 206 Å². The van der Waals surface area contributed by atoms with Gasteiger partial charge in [-0.3, -0.25) is 18.7 Å². The molecule has 2 saturated carbocycles. The van der Waals surface area contributed by atoms with Gasteiger partial charge in [0.05, 0.1) is 31.5 Å². The molecule has 3 aromatic rings. The van der Waals surface area contributed by atoms with E-state index in [-0.39, 0.29) is 44.1 Å². The molecular formula is C45H63N6O11PS. The Kier molecular flexibility index (Phi) is 15.2. The summed E-state index contributed by atoms with van der Waals surface area (Å²) in [6.07, 6.45) is 2.59. The number of alkyl carbamates (subject to hydrolysis) is 1. The summed E-state index contributed by atoms with van der Waals surface area (Å²) in [5.74, 6) is -0.466. The smallest absolute Gasteiger partial charge is 0.497 e. The van der Waals surface area contributed by atoms with E-state index in [2.05, 4.69) is 22.5 Å². The zero-order valence-electron chi connectivity index (χ0n) is 38.3. The Bertz CT molecular complexity index is 2240. The number of amides is 3. The molecule has 350 valence electrons. The van der Waals surface area contributed by atoms with Crippen molar-refractivity contribution in [1.82, 2.24) is 25.5 Å². The lowest BCUT2D eigenvalue weighted by molar-refractivity contribution is -0.142. The Hall–Kier alpha value is -4.93. The predicted molar refractivity (Wildman–Crippen MR) is 244 cm³/mol. The van der Waals surface area contributed by atoms with Crippen molar-refractivity contribution in [3.63, 3.8) is 0 Å². The van der Waals surface area contributed by atoms with E-state index < -0.39 is 73.0 Å². The van der Waals surface area contributed by atoms with Crippen LogP contribution in [0.4, 0.5) is 14.7 Å². The summed E-state index contributed by atoms with van der Waals surface area (Å²) in [4.78, 5) is 66.2. The fraction of sp³-hybridized carbons (Fsp3) is 0.600. The molecule has 3 aliphatic rings. The molecular weight excluding hydrogens is 864 g/mol. The highest BCUT2D eigenvalue weighted by Gasteiger charge is 2.65. The molecule has 0 radical (unpaired) electrons. The summed E-state index contributed by atoms with van der Waals surface area (Å²) in [6.45, 7) is 17.9. The van der Waals surface area contributed by atoms with Crippen molar-refractivity contribution in [3.05, 3.63) is 42.3 Å². The molecule has 1 aromatic carbocycles. The second-order valence-electron chi connectivity index (χ2n) is 18.6. The molecule has 1 saturated heterocycles. The lowest BCUT2D eigenvalue weighted by atomic mass is 9.85. The van der Waals surface area contributed by atoms with E-state index in [0.717, 1.165) is 30.8 Å². The Morgan fingerprint density at radius 1 is 1.05 bits per heavy atom. The molecule has 1 unspecified atom stereocenters. The first-order valence-electron chi connectivity index (χ1n) is 21.8. The molecule has 2 aliphatic carbocycles. The minimum absolute atomic E-state index is 0.0317. The highest BCUT2D eigenvalue weighted by Crippen LogP contribution is 2.70. The maximum Gasteiger partial charge on any atom is 0.510 e. The first-order valence-corrected chi connectivity index (χ1v) is 24.8. The number of rotatable bonds is 18. The summed E-state index contributed by atoms with van der Waals surface area (Å²) in [5, 5.41) is 11.0. The normalized spacial score (nSPS) is 22.4. The van der Waals surface area contributed by atoms with Crippen LogP contribution in [0.5, 0.6) is 11.5 Å². The van der Waals surface area contributed by atoms with E-state index in [0.29, 0.717) is 33.8 Å². The Labute approximate surface area is 379 Å². The Morgan fingerprint density at radius 2 is 1.78 bits per heavy atom. The molecule has 0 spiro atoms. The van der Waals surface area contributed by atoms with Crippen LogP contribution in [0.2, 0.25) is 0 Å². The van der Waals surface area contributed by atoms with Gasteiger partial charge in [0.1, 0.15) is 46.8 Å². The second-order valence-corrected chi connectivity index (χ2v) is 22.2. The number of aromatic nitrogens is 2. The minimum Gasteiger partial charge on any atom is -0.497 e. The van der Waals surface area contributed by atoms with Gasteiger partial charge in [0.25, 0.3) is 0 Å². The van der Waals surface area contributed by atoms with E-state index in [1.807, 2.05) is 59.9 Å². The number of nitrogens with zero attached hydrogens (tertiary/aromatic N) is 3. The number of methoxy groups -OCH3 is 1. The zero-order chi connectivity index (χ0) is 46.6.